The Kier molecular flexibility index (Phi) is 4.82. The lowest BCUT2D eigenvalue weighted by molar-refractivity contribution is -0.136. The van der Waals surface area contributed by atoms with Gasteiger partial charge in [0, 0.05) is 37.1 Å². The number of benzene rings is 2. The van der Waals surface area contributed by atoms with Gasteiger partial charge < -0.3 is 25.0 Å². The minimum absolute atomic E-state index is 0.161. The summed E-state index contributed by atoms with van der Waals surface area (Å²) in [5, 5.41) is 5.24. The van der Waals surface area contributed by atoms with Gasteiger partial charge >= 0.3 is 11.8 Å². The third kappa shape index (κ3) is 3.81. The molecular weight excluding hydrogens is 346 g/mol. The molecule has 140 valence electrons. The van der Waals surface area contributed by atoms with E-state index in [1.165, 1.54) is 11.3 Å². The first-order valence-corrected chi connectivity index (χ1v) is 9.02. The molecule has 2 aromatic carbocycles. The van der Waals surface area contributed by atoms with Crippen molar-refractivity contribution in [3.05, 3.63) is 48.0 Å². The Morgan fingerprint density at radius 3 is 2.81 bits per heavy atom. The second kappa shape index (κ2) is 7.57. The van der Waals surface area contributed by atoms with Crippen molar-refractivity contribution in [2.24, 2.45) is 0 Å². The van der Waals surface area contributed by atoms with Gasteiger partial charge in [-0.15, -0.1) is 0 Å². The molecule has 0 bridgehead atoms. The number of hydrogen-bond acceptors (Lipinski definition) is 5. The zero-order valence-electron chi connectivity index (χ0n) is 14.9. The molecule has 2 N–H and O–H groups in total. The van der Waals surface area contributed by atoms with Crippen LogP contribution in [0.3, 0.4) is 0 Å². The highest BCUT2D eigenvalue weighted by molar-refractivity contribution is 6.39. The van der Waals surface area contributed by atoms with Crippen molar-refractivity contribution in [3.63, 3.8) is 0 Å². The van der Waals surface area contributed by atoms with Crippen LogP contribution >= 0.6 is 0 Å². The van der Waals surface area contributed by atoms with Gasteiger partial charge in [-0.3, -0.25) is 9.59 Å². The van der Waals surface area contributed by atoms with E-state index in [0.717, 1.165) is 25.9 Å². The van der Waals surface area contributed by atoms with E-state index < -0.39 is 11.8 Å². The standard InChI is InChI=1S/C20H21N3O4/c24-19(20(25)22-15-6-7-17-18(12-15)27-13-26-17)21-9-3-10-23-11-8-14-4-1-2-5-16(14)23/h1-2,4-7,12H,3,8-11,13H2,(H,21,24)(H,22,25). The summed E-state index contributed by atoms with van der Waals surface area (Å²) < 4.78 is 10.5. The van der Waals surface area contributed by atoms with E-state index in [1.807, 2.05) is 6.07 Å². The van der Waals surface area contributed by atoms with Crippen molar-refractivity contribution < 1.29 is 19.1 Å². The number of fused-ring (bicyclic) bond motifs is 2. The maximum atomic E-state index is 12.0. The van der Waals surface area contributed by atoms with E-state index in [4.69, 9.17) is 9.47 Å². The lowest BCUT2D eigenvalue weighted by atomic mass is 10.2. The van der Waals surface area contributed by atoms with Crippen LogP contribution in [0.5, 0.6) is 11.5 Å². The highest BCUT2D eigenvalue weighted by Gasteiger charge is 2.19. The fraction of sp³-hybridized carbons (Fsp3) is 0.300. The number of para-hydroxylation sites is 1. The summed E-state index contributed by atoms with van der Waals surface area (Å²) in [6.45, 7) is 2.46. The van der Waals surface area contributed by atoms with Gasteiger partial charge in [-0.05, 0) is 36.6 Å². The summed E-state index contributed by atoms with van der Waals surface area (Å²) in [4.78, 5) is 26.3. The Balaban J connectivity index is 1.21. The summed E-state index contributed by atoms with van der Waals surface area (Å²) >= 11 is 0. The van der Waals surface area contributed by atoms with Crippen LogP contribution in [0.2, 0.25) is 0 Å². The molecule has 0 saturated heterocycles. The molecule has 0 radical (unpaired) electrons. The van der Waals surface area contributed by atoms with Gasteiger partial charge in [0.25, 0.3) is 0 Å². The first kappa shape index (κ1) is 17.2. The van der Waals surface area contributed by atoms with Crippen LogP contribution in [-0.2, 0) is 16.0 Å². The Morgan fingerprint density at radius 2 is 1.89 bits per heavy atom. The molecule has 4 rings (SSSR count). The van der Waals surface area contributed by atoms with Crippen molar-refractivity contribution in [2.75, 3.05) is 36.6 Å². The van der Waals surface area contributed by atoms with Crippen LogP contribution in [0.4, 0.5) is 11.4 Å². The molecule has 0 fully saturated rings. The molecular formula is C20H21N3O4. The fourth-order valence-electron chi connectivity index (χ4n) is 3.35. The highest BCUT2D eigenvalue weighted by atomic mass is 16.7. The lowest BCUT2D eigenvalue weighted by Crippen LogP contribution is -2.37. The zero-order valence-corrected chi connectivity index (χ0v) is 14.9. The molecule has 2 aliphatic rings. The van der Waals surface area contributed by atoms with Gasteiger partial charge in [-0.1, -0.05) is 18.2 Å². The third-order valence-electron chi connectivity index (χ3n) is 4.71. The predicted octanol–water partition coefficient (Wildman–Crippen LogP) is 1.92. The van der Waals surface area contributed by atoms with Crippen molar-refractivity contribution in [2.45, 2.75) is 12.8 Å². The number of nitrogens with one attached hydrogen (secondary N) is 2. The van der Waals surface area contributed by atoms with E-state index in [0.29, 0.717) is 23.7 Å². The van der Waals surface area contributed by atoms with Gasteiger partial charge in [0.05, 0.1) is 0 Å². The van der Waals surface area contributed by atoms with Gasteiger partial charge in [0.1, 0.15) is 0 Å². The largest absolute Gasteiger partial charge is 0.454 e. The van der Waals surface area contributed by atoms with Crippen LogP contribution in [0.1, 0.15) is 12.0 Å². The van der Waals surface area contributed by atoms with Crippen LogP contribution in [0, 0.1) is 0 Å². The quantitative estimate of drug-likeness (QED) is 0.624. The van der Waals surface area contributed by atoms with Crippen LogP contribution in [0.15, 0.2) is 42.5 Å². The normalized spacial score (nSPS) is 14.0. The SMILES string of the molecule is O=C(NCCCN1CCc2ccccc21)C(=O)Nc1ccc2c(c1)OCO2. The Bertz CT molecular complexity index is 868. The van der Waals surface area contributed by atoms with E-state index in [2.05, 4.69) is 33.7 Å². The molecule has 2 aliphatic heterocycles. The molecule has 0 aliphatic carbocycles. The molecule has 0 saturated carbocycles. The van der Waals surface area contributed by atoms with E-state index in [9.17, 15) is 9.59 Å². The van der Waals surface area contributed by atoms with Crippen molar-refractivity contribution in [3.8, 4) is 11.5 Å². The Morgan fingerprint density at radius 1 is 1.04 bits per heavy atom. The lowest BCUT2D eigenvalue weighted by Gasteiger charge is -2.19. The predicted molar refractivity (Wildman–Crippen MR) is 101 cm³/mol. The number of rotatable bonds is 5. The molecule has 0 spiro atoms. The van der Waals surface area contributed by atoms with E-state index >= 15 is 0 Å². The average molecular weight is 367 g/mol. The van der Waals surface area contributed by atoms with Gasteiger partial charge in [0.2, 0.25) is 6.79 Å². The molecule has 0 unspecified atom stereocenters. The molecule has 7 nitrogen and oxygen atoms in total. The number of anilines is 2. The number of nitrogens with zero attached hydrogens (tertiary/aromatic N) is 1. The summed E-state index contributed by atoms with van der Waals surface area (Å²) in [5.41, 5.74) is 3.13. The number of ether oxygens (including phenoxy) is 2. The minimum atomic E-state index is -0.694. The summed E-state index contributed by atoms with van der Waals surface area (Å²) in [7, 11) is 0. The molecule has 7 heteroatoms. The second-order valence-corrected chi connectivity index (χ2v) is 6.50. The number of carbonyl (C=O) groups excluding carboxylic acids is 2. The van der Waals surface area contributed by atoms with Crippen molar-refractivity contribution >= 4 is 23.2 Å². The van der Waals surface area contributed by atoms with Gasteiger partial charge in [-0.2, -0.15) is 0 Å². The topological polar surface area (TPSA) is 79.9 Å². The van der Waals surface area contributed by atoms with Crippen LogP contribution in [0.25, 0.3) is 0 Å². The van der Waals surface area contributed by atoms with Crippen LogP contribution in [-0.4, -0.2) is 38.2 Å². The monoisotopic (exact) mass is 367 g/mol. The molecule has 0 atom stereocenters. The Hall–Kier alpha value is -3.22. The van der Waals surface area contributed by atoms with E-state index in [1.54, 1.807) is 18.2 Å². The Labute approximate surface area is 157 Å². The van der Waals surface area contributed by atoms with Crippen molar-refractivity contribution in [1.82, 2.24) is 5.32 Å². The molecule has 2 heterocycles. The highest BCUT2D eigenvalue weighted by Crippen LogP contribution is 2.34. The molecule has 0 aromatic heterocycles. The minimum Gasteiger partial charge on any atom is -0.454 e. The first-order chi connectivity index (χ1) is 13.2. The third-order valence-corrected chi connectivity index (χ3v) is 4.71. The molecule has 2 amide bonds. The average Bonchev–Trinajstić information content (AvgIpc) is 3.31. The maximum absolute atomic E-state index is 12.0. The van der Waals surface area contributed by atoms with Gasteiger partial charge in [-0.25, -0.2) is 0 Å². The van der Waals surface area contributed by atoms with Crippen LogP contribution < -0.4 is 25.0 Å². The van der Waals surface area contributed by atoms with Gasteiger partial charge in [0.15, 0.2) is 11.5 Å². The first-order valence-electron chi connectivity index (χ1n) is 9.02. The smallest absolute Gasteiger partial charge is 0.313 e. The maximum Gasteiger partial charge on any atom is 0.313 e. The number of amides is 2. The molecule has 2 aromatic rings. The number of carbonyl (C=O) groups is 2. The summed E-state index contributed by atoms with van der Waals surface area (Å²) in [5.74, 6) is -0.157. The fourth-order valence-corrected chi connectivity index (χ4v) is 3.35. The summed E-state index contributed by atoms with van der Waals surface area (Å²) in [6.07, 6.45) is 1.83. The van der Waals surface area contributed by atoms with E-state index in [-0.39, 0.29) is 6.79 Å². The number of hydrogen-bond donors (Lipinski definition) is 2. The molecule has 27 heavy (non-hydrogen) atoms. The zero-order chi connectivity index (χ0) is 18.6. The summed E-state index contributed by atoms with van der Waals surface area (Å²) in [6, 6.07) is 13.4. The van der Waals surface area contributed by atoms with Crippen molar-refractivity contribution in [1.29, 1.82) is 0 Å². The second-order valence-electron chi connectivity index (χ2n) is 6.50.